The Balaban J connectivity index is 2.39. The summed E-state index contributed by atoms with van der Waals surface area (Å²) in [6.07, 6.45) is 8.57. The molecule has 2 rings (SSSR count). The maximum absolute atomic E-state index is 4.28. The molecule has 0 radical (unpaired) electrons. The van der Waals surface area contributed by atoms with E-state index in [1.54, 1.807) is 24.8 Å². The third-order valence-electron chi connectivity index (χ3n) is 2.14. The van der Waals surface area contributed by atoms with Gasteiger partial charge < -0.3 is 0 Å². The third-order valence-corrected chi connectivity index (χ3v) is 2.94. The molecule has 2 aromatic heterocycles. The second-order valence-electron chi connectivity index (χ2n) is 3.29. The molecule has 17 heavy (non-hydrogen) atoms. The Morgan fingerprint density at radius 3 is 2.88 bits per heavy atom. The highest BCUT2D eigenvalue weighted by Gasteiger charge is 2.05. The molecular formula is C11H10IN5. The first-order valence-electron chi connectivity index (χ1n) is 4.90. The zero-order valence-corrected chi connectivity index (χ0v) is 11.4. The van der Waals surface area contributed by atoms with E-state index in [0.717, 1.165) is 15.1 Å². The van der Waals surface area contributed by atoms with Crippen LogP contribution in [0.25, 0.3) is 17.8 Å². The minimum atomic E-state index is 0.598. The SMILES string of the molecule is C=Cn1c(I)cnc1/C=C(\C)c1nccnn1. The maximum atomic E-state index is 4.28. The first-order valence-corrected chi connectivity index (χ1v) is 5.98. The predicted octanol–water partition coefficient (Wildman–Crippen LogP) is 2.33. The van der Waals surface area contributed by atoms with Crippen molar-refractivity contribution < 1.29 is 0 Å². The van der Waals surface area contributed by atoms with Gasteiger partial charge in [-0.1, -0.05) is 6.58 Å². The first kappa shape index (κ1) is 11.9. The largest absolute Gasteiger partial charge is 0.296 e. The lowest BCUT2D eigenvalue weighted by molar-refractivity contribution is 0.941. The summed E-state index contributed by atoms with van der Waals surface area (Å²) in [5, 5.41) is 7.74. The smallest absolute Gasteiger partial charge is 0.177 e. The highest BCUT2D eigenvalue weighted by atomic mass is 127. The summed E-state index contributed by atoms with van der Waals surface area (Å²) in [6, 6.07) is 0. The van der Waals surface area contributed by atoms with Gasteiger partial charge in [-0.15, -0.1) is 5.10 Å². The molecule has 0 bridgehead atoms. The topological polar surface area (TPSA) is 56.5 Å². The summed E-state index contributed by atoms with van der Waals surface area (Å²) in [6.45, 7) is 5.67. The first-order chi connectivity index (χ1) is 8.22. The van der Waals surface area contributed by atoms with Crippen LogP contribution < -0.4 is 0 Å². The number of allylic oxidation sites excluding steroid dienone is 1. The van der Waals surface area contributed by atoms with E-state index in [-0.39, 0.29) is 0 Å². The minimum Gasteiger partial charge on any atom is -0.296 e. The molecule has 0 atom stereocenters. The van der Waals surface area contributed by atoms with Gasteiger partial charge in [-0.25, -0.2) is 9.97 Å². The van der Waals surface area contributed by atoms with Gasteiger partial charge in [0.2, 0.25) is 0 Å². The summed E-state index contributed by atoms with van der Waals surface area (Å²) >= 11 is 2.20. The van der Waals surface area contributed by atoms with Gasteiger partial charge in [-0.2, -0.15) is 5.10 Å². The fourth-order valence-corrected chi connectivity index (χ4v) is 1.91. The number of aromatic nitrogens is 5. The van der Waals surface area contributed by atoms with Gasteiger partial charge in [0.15, 0.2) is 5.82 Å². The van der Waals surface area contributed by atoms with Crippen LogP contribution in [0, 0.1) is 3.70 Å². The van der Waals surface area contributed by atoms with Gasteiger partial charge in [-0.05, 0) is 41.2 Å². The Morgan fingerprint density at radius 1 is 1.41 bits per heavy atom. The molecule has 2 aromatic rings. The highest BCUT2D eigenvalue weighted by Crippen LogP contribution is 2.15. The monoisotopic (exact) mass is 339 g/mol. The van der Waals surface area contributed by atoms with Crippen molar-refractivity contribution in [1.29, 1.82) is 0 Å². The van der Waals surface area contributed by atoms with Crippen LogP contribution in [0.1, 0.15) is 18.6 Å². The molecule has 0 N–H and O–H groups in total. The van der Waals surface area contributed by atoms with Gasteiger partial charge in [0.1, 0.15) is 9.53 Å². The lowest BCUT2D eigenvalue weighted by Gasteiger charge is -2.00. The molecule has 0 fully saturated rings. The third kappa shape index (κ3) is 2.57. The molecule has 0 saturated heterocycles. The minimum absolute atomic E-state index is 0.598. The van der Waals surface area contributed by atoms with Gasteiger partial charge in [-0.3, -0.25) is 4.57 Å². The maximum Gasteiger partial charge on any atom is 0.177 e. The van der Waals surface area contributed by atoms with Crippen LogP contribution in [0.5, 0.6) is 0 Å². The van der Waals surface area contributed by atoms with E-state index in [9.17, 15) is 0 Å². The zero-order valence-electron chi connectivity index (χ0n) is 9.21. The molecule has 0 saturated carbocycles. The summed E-state index contributed by atoms with van der Waals surface area (Å²) < 4.78 is 2.89. The molecule has 0 aliphatic carbocycles. The van der Waals surface area contributed by atoms with E-state index >= 15 is 0 Å². The van der Waals surface area contributed by atoms with Crippen molar-refractivity contribution in [3.05, 3.63) is 40.5 Å². The van der Waals surface area contributed by atoms with Crippen molar-refractivity contribution in [2.75, 3.05) is 0 Å². The lowest BCUT2D eigenvalue weighted by atomic mass is 10.2. The number of imidazole rings is 1. The van der Waals surface area contributed by atoms with Crippen molar-refractivity contribution in [3.63, 3.8) is 0 Å². The van der Waals surface area contributed by atoms with Gasteiger partial charge in [0.25, 0.3) is 0 Å². The zero-order chi connectivity index (χ0) is 12.3. The van der Waals surface area contributed by atoms with E-state index in [1.807, 2.05) is 17.6 Å². The van der Waals surface area contributed by atoms with Crippen LogP contribution >= 0.6 is 22.6 Å². The van der Waals surface area contributed by atoms with Crippen LogP contribution in [0.3, 0.4) is 0 Å². The highest BCUT2D eigenvalue weighted by molar-refractivity contribution is 14.1. The molecule has 0 spiro atoms. The van der Waals surface area contributed by atoms with E-state index in [1.165, 1.54) is 0 Å². The summed E-state index contributed by atoms with van der Waals surface area (Å²) in [4.78, 5) is 8.41. The van der Waals surface area contributed by atoms with E-state index < -0.39 is 0 Å². The van der Waals surface area contributed by atoms with E-state index in [4.69, 9.17) is 0 Å². The second-order valence-corrected chi connectivity index (χ2v) is 4.39. The molecule has 0 unspecified atom stereocenters. The molecule has 6 heteroatoms. The number of rotatable bonds is 3. The van der Waals surface area contributed by atoms with Crippen molar-refractivity contribution in [2.24, 2.45) is 0 Å². The fourth-order valence-electron chi connectivity index (χ4n) is 1.33. The molecule has 0 amide bonds. The van der Waals surface area contributed by atoms with E-state index in [2.05, 4.69) is 49.3 Å². The van der Waals surface area contributed by atoms with Crippen molar-refractivity contribution >= 4 is 40.4 Å². The van der Waals surface area contributed by atoms with Gasteiger partial charge >= 0.3 is 0 Å². The number of hydrogen-bond acceptors (Lipinski definition) is 4. The Morgan fingerprint density at radius 2 is 2.24 bits per heavy atom. The molecular weight excluding hydrogens is 329 g/mol. The average Bonchev–Trinajstić information content (AvgIpc) is 2.71. The molecule has 0 aromatic carbocycles. The molecule has 0 aliphatic rings. The molecule has 2 heterocycles. The Bertz CT molecular complexity index is 558. The lowest BCUT2D eigenvalue weighted by Crippen LogP contribution is -1.95. The van der Waals surface area contributed by atoms with E-state index in [0.29, 0.717) is 5.82 Å². The molecule has 5 nitrogen and oxygen atoms in total. The van der Waals surface area contributed by atoms with Crippen LogP contribution in [-0.4, -0.2) is 24.7 Å². The standard InChI is InChI=1S/C11H10IN5/c1-3-17-9(12)7-14-10(17)6-8(2)11-13-4-5-15-16-11/h3-7H,1H2,2H3/b8-6+. The fraction of sp³-hybridized carbons (Fsp3) is 0.0909. The van der Waals surface area contributed by atoms with Crippen LogP contribution in [0.4, 0.5) is 0 Å². The quantitative estimate of drug-likeness (QED) is 0.806. The van der Waals surface area contributed by atoms with Gasteiger partial charge in [0, 0.05) is 12.4 Å². The van der Waals surface area contributed by atoms with Crippen molar-refractivity contribution in [3.8, 4) is 0 Å². The normalized spacial score (nSPS) is 11.5. The van der Waals surface area contributed by atoms with Crippen LogP contribution in [-0.2, 0) is 0 Å². The van der Waals surface area contributed by atoms with Crippen molar-refractivity contribution in [2.45, 2.75) is 6.92 Å². The van der Waals surface area contributed by atoms with Gasteiger partial charge in [0.05, 0.1) is 12.4 Å². The second kappa shape index (κ2) is 5.17. The predicted molar refractivity (Wildman–Crippen MR) is 74.7 cm³/mol. The Labute approximate surface area is 112 Å². The number of halogens is 1. The van der Waals surface area contributed by atoms with Crippen LogP contribution in [0.15, 0.2) is 25.2 Å². The van der Waals surface area contributed by atoms with Crippen LogP contribution in [0.2, 0.25) is 0 Å². The molecule has 0 aliphatic heterocycles. The average molecular weight is 339 g/mol. The summed E-state index contributed by atoms with van der Waals surface area (Å²) in [7, 11) is 0. The number of nitrogens with zero attached hydrogens (tertiary/aromatic N) is 5. The Hall–Kier alpha value is -1.57. The van der Waals surface area contributed by atoms with Crippen molar-refractivity contribution in [1.82, 2.24) is 24.7 Å². The summed E-state index contributed by atoms with van der Waals surface area (Å²) in [5.41, 5.74) is 0.906. The number of hydrogen-bond donors (Lipinski definition) is 0. The molecule has 86 valence electrons. The summed E-state index contributed by atoms with van der Waals surface area (Å²) in [5.74, 6) is 1.40. The Kier molecular flexibility index (Phi) is 3.62.